The predicted octanol–water partition coefficient (Wildman–Crippen LogP) is 3.21. The van der Waals surface area contributed by atoms with Crippen LogP contribution >= 0.6 is 0 Å². The maximum Gasteiger partial charge on any atom is 0.256 e. The van der Waals surface area contributed by atoms with E-state index in [0.717, 1.165) is 11.3 Å². The van der Waals surface area contributed by atoms with E-state index in [0.29, 0.717) is 23.7 Å². The number of hydrogen-bond acceptors (Lipinski definition) is 4. The van der Waals surface area contributed by atoms with E-state index in [2.05, 4.69) is 15.4 Å². The van der Waals surface area contributed by atoms with Crippen molar-refractivity contribution in [3.05, 3.63) is 77.9 Å². The summed E-state index contributed by atoms with van der Waals surface area (Å²) in [5.41, 5.74) is 3.45. The predicted molar refractivity (Wildman–Crippen MR) is 102 cm³/mol. The molecule has 0 aliphatic heterocycles. The topological polar surface area (TPSA) is 73.4 Å². The van der Waals surface area contributed by atoms with Crippen LogP contribution in [-0.2, 0) is 13.7 Å². The van der Waals surface area contributed by atoms with Crippen LogP contribution in [0, 0.1) is 6.92 Å². The largest absolute Gasteiger partial charge is 0.487 e. The van der Waals surface area contributed by atoms with Crippen molar-refractivity contribution in [3.63, 3.8) is 0 Å². The van der Waals surface area contributed by atoms with Crippen LogP contribution in [0.4, 0.5) is 5.82 Å². The Hall–Kier alpha value is -3.61. The molecule has 0 unspecified atom stereocenters. The van der Waals surface area contributed by atoms with E-state index in [1.807, 2.05) is 35.9 Å². The van der Waals surface area contributed by atoms with Crippen LogP contribution in [0.15, 0.2) is 61.1 Å². The summed E-state index contributed by atoms with van der Waals surface area (Å²) in [7, 11) is 1.80. The van der Waals surface area contributed by atoms with Crippen molar-refractivity contribution in [1.82, 2.24) is 19.2 Å². The average Bonchev–Trinajstić information content (AvgIpc) is 3.25. The van der Waals surface area contributed by atoms with Crippen molar-refractivity contribution in [3.8, 4) is 5.75 Å². The Morgan fingerprint density at radius 1 is 1.11 bits per heavy atom. The first-order chi connectivity index (χ1) is 13.1. The number of aryl methyl sites for hydroxylation is 2. The van der Waals surface area contributed by atoms with Crippen molar-refractivity contribution in [2.75, 3.05) is 5.32 Å². The standard InChI is InChI=1S/C20H19N5O2/c1-14-3-8-19-21-16(12-25(19)11-14)13-27-17-6-4-15(5-7-17)20(26)22-18-9-10-24(2)23-18/h3-12H,13H2,1-2H3,(H,22,23,26). The molecule has 0 aliphatic carbocycles. The van der Waals surface area contributed by atoms with Crippen LogP contribution in [-0.4, -0.2) is 25.1 Å². The summed E-state index contributed by atoms with van der Waals surface area (Å²) >= 11 is 0. The van der Waals surface area contributed by atoms with Crippen LogP contribution < -0.4 is 10.1 Å². The zero-order chi connectivity index (χ0) is 18.8. The molecule has 0 aliphatic rings. The van der Waals surface area contributed by atoms with Crippen LogP contribution in [0.5, 0.6) is 5.75 Å². The summed E-state index contributed by atoms with van der Waals surface area (Å²) in [5, 5.41) is 6.88. The van der Waals surface area contributed by atoms with Crippen molar-refractivity contribution in [2.24, 2.45) is 7.05 Å². The maximum atomic E-state index is 12.2. The highest BCUT2D eigenvalue weighted by Gasteiger charge is 2.08. The summed E-state index contributed by atoms with van der Waals surface area (Å²) in [6, 6.07) is 12.7. The number of carbonyl (C=O) groups is 1. The van der Waals surface area contributed by atoms with Crippen molar-refractivity contribution in [2.45, 2.75) is 13.5 Å². The van der Waals surface area contributed by atoms with Gasteiger partial charge in [-0.2, -0.15) is 5.10 Å². The molecule has 136 valence electrons. The molecule has 1 amide bonds. The zero-order valence-electron chi connectivity index (χ0n) is 15.1. The van der Waals surface area contributed by atoms with E-state index in [9.17, 15) is 4.79 Å². The van der Waals surface area contributed by atoms with E-state index >= 15 is 0 Å². The van der Waals surface area contributed by atoms with Gasteiger partial charge in [0.05, 0.1) is 5.69 Å². The number of hydrogen-bond donors (Lipinski definition) is 1. The number of carbonyl (C=O) groups excluding carboxylic acids is 1. The minimum absolute atomic E-state index is 0.212. The van der Waals surface area contributed by atoms with Crippen molar-refractivity contribution >= 4 is 17.4 Å². The first kappa shape index (κ1) is 16.8. The molecule has 3 heterocycles. The molecule has 0 bridgehead atoms. The van der Waals surface area contributed by atoms with Crippen LogP contribution in [0.3, 0.4) is 0 Å². The SMILES string of the molecule is Cc1ccc2nc(COc3ccc(C(=O)Nc4ccn(C)n4)cc3)cn2c1. The molecule has 3 aromatic heterocycles. The molecule has 0 atom stereocenters. The molecule has 0 radical (unpaired) electrons. The van der Waals surface area contributed by atoms with Gasteiger partial charge in [0.1, 0.15) is 18.0 Å². The van der Waals surface area contributed by atoms with Gasteiger partial charge in [0.2, 0.25) is 0 Å². The normalized spacial score (nSPS) is 10.9. The highest BCUT2D eigenvalue weighted by molar-refractivity contribution is 6.03. The third-order valence-corrected chi connectivity index (χ3v) is 4.11. The number of benzene rings is 1. The Kier molecular flexibility index (Phi) is 4.33. The van der Waals surface area contributed by atoms with Gasteiger partial charge in [0.25, 0.3) is 5.91 Å². The third kappa shape index (κ3) is 3.82. The molecule has 1 N–H and O–H groups in total. The fourth-order valence-electron chi connectivity index (χ4n) is 2.76. The van der Waals surface area contributed by atoms with Gasteiger partial charge >= 0.3 is 0 Å². The molecule has 4 aromatic rings. The number of ether oxygens (including phenoxy) is 1. The molecule has 0 saturated carbocycles. The van der Waals surface area contributed by atoms with Gasteiger partial charge in [-0.15, -0.1) is 0 Å². The van der Waals surface area contributed by atoms with E-state index in [1.165, 1.54) is 5.56 Å². The molecule has 0 fully saturated rings. The fraction of sp³-hybridized carbons (Fsp3) is 0.150. The molecule has 1 aromatic carbocycles. The Bertz CT molecular complexity index is 1100. The van der Waals surface area contributed by atoms with Gasteiger partial charge in [-0.25, -0.2) is 4.98 Å². The second-order valence-electron chi connectivity index (χ2n) is 6.35. The number of anilines is 1. The van der Waals surface area contributed by atoms with Crippen LogP contribution in [0.2, 0.25) is 0 Å². The molecule has 4 rings (SSSR count). The van der Waals surface area contributed by atoms with Gasteiger partial charge in [0, 0.05) is 37.3 Å². The summed E-state index contributed by atoms with van der Waals surface area (Å²) in [4.78, 5) is 16.8. The van der Waals surface area contributed by atoms with E-state index < -0.39 is 0 Å². The average molecular weight is 361 g/mol. The van der Waals surface area contributed by atoms with Gasteiger partial charge in [-0.05, 0) is 42.8 Å². The number of nitrogens with zero attached hydrogens (tertiary/aromatic N) is 4. The first-order valence-electron chi connectivity index (χ1n) is 8.55. The molecule has 27 heavy (non-hydrogen) atoms. The lowest BCUT2D eigenvalue weighted by atomic mass is 10.2. The van der Waals surface area contributed by atoms with Gasteiger partial charge in [0.15, 0.2) is 5.82 Å². The smallest absolute Gasteiger partial charge is 0.256 e. The Morgan fingerprint density at radius 2 is 1.93 bits per heavy atom. The minimum atomic E-state index is -0.212. The monoisotopic (exact) mass is 361 g/mol. The van der Waals surface area contributed by atoms with Gasteiger partial charge in [-0.1, -0.05) is 6.07 Å². The Balaban J connectivity index is 1.38. The van der Waals surface area contributed by atoms with Crippen LogP contribution in [0.25, 0.3) is 5.65 Å². The molecular weight excluding hydrogens is 342 g/mol. The minimum Gasteiger partial charge on any atom is -0.487 e. The highest BCUT2D eigenvalue weighted by atomic mass is 16.5. The highest BCUT2D eigenvalue weighted by Crippen LogP contribution is 2.16. The number of aromatic nitrogens is 4. The van der Waals surface area contributed by atoms with Gasteiger partial charge < -0.3 is 14.5 Å². The summed E-state index contributed by atoms with van der Waals surface area (Å²) in [6.07, 6.45) is 5.75. The number of rotatable bonds is 5. The fourth-order valence-corrected chi connectivity index (χ4v) is 2.76. The van der Waals surface area contributed by atoms with E-state index in [4.69, 9.17) is 4.74 Å². The Morgan fingerprint density at radius 3 is 2.67 bits per heavy atom. The van der Waals surface area contributed by atoms with E-state index in [-0.39, 0.29) is 5.91 Å². The lowest BCUT2D eigenvalue weighted by molar-refractivity contribution is 0.102. The number of nitrogens with one attached hydrogen (secondary N) is 1. The molecule has 7 heteroatoms. The quantitative estimate of drug-likeness (QED) is 0.592. The summed E-state index contributed by atoms with van der Waals surface area (Å²) in [5.74, 6) is 0.985. The van der Waals surface area contributed by atoms with Crippen molar-refractivity contribution in [1.29, 1.82) is 0 Å². The number of amides is 1. The molecular formula is C20H19N5O2. The third-order valence-electron chi connectivity index (χ3n) is 4.11. The van der Waals surface area contributed by atoms with Gasteiger partial charge in [-0.3, -0.25) is 9.48 Å². The number of pyridine rings is 1. The molecule has 0 saturated heterocycles. The molecule has 0 spiro atoms. The second kappa shape index (κ2) is 6.95. The lowest BCUT2D eigenvalue weighted by Crippen LogP contribution is -2.12. The van der Waals surface area contributed by atoms with E-state index in [1.54, 1.807) is 48.3 Å². The second-order valence-corrected chi connectivity index (χ2v) is 6.35. The number of imidazole rings is 1. The van der Waals surface area contributed by atoms with Crippen LogP contribution in [0.1, 0.15) is 21.6 Å². The lowest BCUT2D eigenvalue weighted by Gasteiger charge is -2.06. The zero-order valence-corrected chi connectivity index (χ0v) is 15.1. The maximum absolute atomic E-state index is 12.2. The summed E-state index contributed by atoms with van der Waals surface area (Å²) in [6.45, 7) is 2.40. The molecule has 7 nitrogen and oxygen atoms in total. The Labute approximate surface area is 156 Å². The summed E-state index contributed by atoms with van der Waals surface area (Å²) < 4.78 is 9.40. The number of fused-ring (bicyclic) bond motifs is 1. The van der Waals surface area contributed by atoms with Crippen molar-refractivity contribution < 1.29 is 9.53 Å². The first-order valence-corrected chi connectivity index (χ1v) is 8.55.